The van der Waals surface area contributed by atoms with E-state index in [1.807, 2.05) is 0 Å². The molecule has 0 radical (unpaired) electrons. The molecule has 1 aliphatic carbocycles. The number of nitrogens with zero attached hydrogens (tertiary/aromatic N) is 2. The van der Waals surface area contributed by atoms with Crippen molar-refractivity contribution >= 4 is 43.6 Å². The topological polar surface area (TPSA) is 9.86 Å². The molecule has 11 aromatic rings. The maximum Gasteiger partial charge on any atom is 0.0698 e. The molecule has 302 valence electrons. The second-order valence-electron chi connectivity index (χ2n) is 16.9. The van der Waals surface area contributed by atoms with Crippen molar-refractivity contribution in [2.75, 3.05) is 0 Å². The standard InChI is InChI=1S/C62H44N2/c1-43-18-6-2-9-21-46-22-14-16-28-57(46)62(43,49-23-10-4-11-24-49)50-34-39-61-56(42-50)55-41-48(33-38-60(55)64(61)52-35-30-45(31-36-52)44-19-7-3-8-20-44)47-32-37-59-54(40-47)53-27-15-17-29-58(53)63(59)51-25-12-5-13-26-51/h2-20,22-42H,1,21H2/b9-2-,18-6-. The second kappa shape index (κ2) is 15.3. The van der Waals surface area contributed by atoms with Crippen LogP contribution in [0.2, 0.25) is 0 Å². The first-order chi connectivity index (χ1) is 31.7. The summed E-state index contributed by atoms with van der Waals surface area (Å²) >= 11 is 0. The van der Waals surface area contributed by atoms with Gasteiger partial charge >= 0.3 is 0 Å². The molecule has 0 saturated heterocycles. The normalized spacial score (nSPS) is 16.1. The van der Waals surface area contributed by atoms with Crippen LogP contribution in [0.25, 0.3) is 77.2 Å². The predicted octanol–water partition coefficient (Wildman–Crippen LogP) is 15.8. The first-order valence-corrected chi connectivity index (χ1v) is 22.2. The lowest BCUT2D eigenvalue weighted by molar-refractivity contribution is 0.738. The van der Waals surface area contributed by atoms with Gasteiger partial charge in [-0.05, 0) is 123 Å². The summed E-state index contributed by atoms with van der Waals surface area (Å²) < 4.78 is 4.82. The van der Waals surface area contributed by atoms with Crippen molar-refractivity contribution in [3.63, 3.8) is 0 Å². The molecule has 64 heavy (non-hydrogen) atoms. The molecule has 2 nitrogen and oxygen atoms in total. The summed E-state index contributed by atoms with van der Waals surface area (Å²) in [4.78, 5) is 0. The largest absolute Gasteiger partial charge is 0.309 e. The zero-order chi connectivity index (χ0) is 42.6. The molecule has 0 bridgehead atoms. The number of benzene rings is 9. The van der Waals surface area contributed by atoms with E-state index in [0.717, 1.165) is 34.4 Å². The summed E-state index contributed by atoms with van der Waals surface area (Å²) in [7, 11) is 0. The summed E-state index contributed by atoms with van der Waals surface area (Å²) in [6, 6.07) is 80.1. The van der Waals surface area contributed by atoms with Crippen LogP contribution in [-0.2, 0) is 11.8 Å². The fourth-order valence-electron chi connectivity index (χ4n) is 10.5. The minimum absolute atomic E-state index is 0.643. The molecule has 2 heteroatoms. The van der Waals surface area contributed by atoms with Crippen LogP contribution in [-0.4, -0.2) is 9.13 Å². The van der Waals surface area contributed by atoms with Gasteiger partial charge in [0.05, 0.1) is 27.5 Å². The van der Waals surface area contributed by atoms with E-state index < -0.39 is 5.41 Å². The number of hydrogen-bond acceptors (Lipinski definition) is 0. The molecule has 0 spiro atoms. The van der Waals surface area contributed by atoms with E-state index in [0.29, 0.717) is 0 Å². The molecule has 1 atom stereocenters. The lowest BCUT2D eigenvalue weighted by atomic mass is 9.63. The number of hydrogen-bond donors (Lipinski definition) is 0. The minimum Gasteiger partial charge on any atom is -0.309 e. The minimum atomic E-state index is -0.643. The Morgan fingerprint density at radius 3 is 1.61 bits per heavy atom. The Hall–Kier alpha value is -8.20. The van der Waals surface area contributed by atoms with Crippen molar-refractivity contribution in [3.8, 4) is 33.6 Å². The highest BCUT2D eigenvalue weighted by atomic mass is 15.0. The Labute approximate surface area is 373 Å². The fourth-order valence-corrected chi connectivity index (χ4v) is 10.5. The van der Waals surface area contributed by atoms with E-state index >= 15 is 0 Å². The highest BCUT2D eigenvalue weighted by molar-refractivity contribution is 6.13. The smallest absolute Gasteiger partial charge is 0.0698 e. The summed E-state index contributed by atoms with van der Waals surface area (Å²) in [6.45, 7) is 4.88. The van der Waals surface area contributed by atoms with Crippen molar-refractivity contribution < 1.29 is 0 Å². The van der Waals surface area contributed by atoms with E-state index in [1.54, 1.807) is 0 Å². The summed E-state index contributed by atoms with van der Waals surface area (Å²) in [6.07, 6.45) is 9.59. The molecular weight excluding hydrogens is 773 g/mol. The monoisotopic (exact) mass is 816 g/mol. The summed E-state index contributed by atoms with van der Waals surface area (Å²) in [5.41, 5.74) is 17.1. The molecule has 0 aliphatic heterocycles. The lowest BCUT2D eigenvalue weighted by Gasteiger charge is -2.38. The average molecular weight is 817 g/mol. The number of allylic oxidation sites excluding steroid dienone is 5. The second-order valence-corrected chi connectivity index (χ2v) is 16.9. The number of rotatable bonds is 6. The third kappa shape index (κ3) is 5.95. The molecule has 1 aliphatic rings. The summed E-state index contributed by atoms with van der Waals surface area (Å²) in [5.74, 6) is 0. The van der Waals surface area contributed by atoms with Crippen LogP contribution in [0.5, 0.6) is 0 Å². The molecule has 0 amide bonds. The third-order valence-corrected chi connectivity index (χ3v) is 13.4. The van der Waals surface area contributed by atoms with Crippen molar-refractivity contribution in [1.29, 1.82) is 0 Å². The van der Waals surface area contributed by atoms with E-state index in [2.05, 4.69) is 252 Å². The van der Waals surface area contributed by atoms with Gasteiger partial charge in [0.2, 0.25) is 0 Å². The summed E-state index contributed by atoms with van der Waals surface area (Å²) in [5, 5.41) is 4.89. The van der Waals surface area contributed by atoms with E-state index in [-0.39, 0.29) is 0 Å². The van der Waals surface area contributed by atoms with Crippen molar-refractivity contribution in [2.24, 2.45) is 0 Å². The molecule has 2 aromatic heterocycles. The van der Waals surface area contributed by atoms with Crippen LogP contribution in [0.15, 0.2) is 255 Å². The number of para-hydroxylation sites is 2. The van der Waals surface area contributed by atoms with Crippen LogP contribution < -0.4 is 0 Å². The van der Waals surface area contributed by atoms with Crippen LogP contribution >= 0.6 is 0 Å². The van der Waals surface area contributed by atoms with E-state index in [4.69, 9.17) is 6.58 Å². The van der Waals surface area contributed by atoms with E-state index in [9.17, 15) is 0 Å². The predicted molar refractivity (Wildman–Crippen MR) is 270 cm³/mol. The highest BCUT2D eigenvalue weighted by Gasteiger charge is 2.40. The first-order valence-electron chi connectivity index (χ1n) is 22.2. The van der Waals surface area contributed by atoms with Gasteiger partial charge in [-0.25, -0.2) is 0 Å². The Morgan fingerprint density at radius 1 is 0.375 bits per heavy atom. The maximum atomic E-state index is 4.88. The van der Waals surface area contributed by atoms with Crippen LogP contribution in [0, 0.1) is 0 Å². The van der Waals surface area contributed by atoms with Crippen molar-refractivity contribution in [3.05, 3.63) is 277 Å². The van der Waals surface area contributed by atoms with Crippen LogP contribution in [0.3, 0.4) is 0 Å². The third-order valence-electron chi connectivity index (χ3n) is 13.4. The Bertz CT molecular complexity index is 3620. The average Bonchev–Trinajstić information content (AvgIpc) is 3.89. The zero-order valence-electron chi connectivity index (χ0n) is 35.4. The molecule has 0 saturated carbocycles. The Kier molecular flexibility index (Phi) is 8.98. The molecule has 12 rings (SSSR count). The highest BCUT2D eigenvalue weighted by Crippen LogP contribution is 2.49. The van der Waals surface area contributed by atoms with E-state index in [1.165, 1.54) is 77.1 Å². The quantitative estimate of drug-likeness (QED) is 0.158. The SMILES string of the molecule is C=C1/C=C\C=C/Cc2ccccc2C1(c1ccccc1)c1ccc2c(c1)c1cc(-c3ccc4c(c3)c3ccccc3n4-c3ccccc3)ccc1n2-c1ccc(-c2ccccc2)cc1. The van der Waals surface area contributed by atoms with Gasteiger partial charge in [-0.15, -0.1) is 0 Å². The fraction of sp³-hybridized carbons (Fsp3) is 0.0323. The molecule has 9 aromatic carbocycles. The molecule has 1 unspecified atom stereocenters. The van der Waals surface area contributed by atoms with Crippen molar-refractivity contribution in [1.82, 2.24) is 9.13 Å². The van der Waals surface area contributed by atoms with Gasteiger partial charge in [0, 0.05) is 32.9 Å². The van der Waals surface area contributed by atoms with Crippen molar-refractivity contribution in [2.45, 2.75) is 11.8 Å². The lowest BCUT2D eigenvalue weighted by Crippen LogP contribution is -2.32. The molecule has 0 fully saturated rings. The number of aromatic nitrogens is 2. The Balaban J connectivity index is 1.11. The maximum absolute atomic E-state index is 4.88. The van der Waals surface area contributed by atoms with Crippen LogP contribution in [0.4, 0.5) is 0 Å². The van der Waals surface area contributed by atoms with Gasteiger partial charge in [-0.2, -0.15) is 0 Å². The van der Waals surface area contributed by atoms with Gasteiger partial charge in [0.25, 0.3) is 0 Å². The number of fused-ring (bicyclic) bond motifs is 7. The van der Waals surface area contributed by atoms with Crippen LogP contribution in [0.1, 0.15) is 22.3 Å². The Morgan fingerprint density at radius 2 is 0.891 bits per heavy atom. The first kappa shape index (κ1) is 37.6. The molecule has 0 N–H and O–H groups in total. The van der Waals surface area contributed by atoms with Gasteiger partial charge in [0.15, 0.2) is 0 Å². The molecular formula is C62H44N2. The van der Waals surface area contributed by atoms with Gasteiger partial charge in [-0.3, -0.25) is 0 Å². The van der Waals surface area contributed by atoms with Gasteiger partial charge in [-0.1, -0.05) is 183 Å². The zero-order valence-corrected chi connectivity index (χ0v) is 35.4. The van der Waals surface area contributed by atoms with Gasteiger partial charge in [0.1, 0.15) is 0 Å². The molecule has 2 heterocycles. The van der Waals surface area contributed by atoms with Gasteiger partial charge < -0.3 is 9.13 Å².